The van der Waals surface area contributed by atoms with Crippen LogP contribution in [0.1, 0.15) is 5.56 Å². The maximum atomic E-state index is 6.10. The molecule has 0 saturated carbocycles. The third-order valence-electron chi connectivity index (χ3n) is 4.97. The molecule has 0 saturated heterocycles. The number of fused-ring (bicyclic) bond motifs is 1. The van der Waals surface area contributed by atoms with Crippen molar-refractivity contribution in [3.63, 3.8) is 0 Å². The highest BCUT2D eigenvalue weighted by Gasteiger charge is 2.13. The topological polar surface area (TPSA) is 78.5 Å². The van der Waals surface area contributed by atoms with E-state index >= 15 is 0 Å². The van der Waals surface area contributed by atoms with Crippen LogP contribution in [-0.2, 0) is 6.54 Å². The van der Waals surface area contributed by atoms with Gasteiger partial charge in [-0.25, -0.2) is 9.97 Å². The van der Waals surface area contributed by atoms with Gasteiger partial charge in [0.1, 0.15) is 17.5 Å². The molecule has 0 atom stereocenters. The lowest BCUT2D eigenvalue weighted by molar-refractivity contribution is 1.05. The molecule has 0 unspecified atom stereocenters. The van der Waals surface area contributed by atoms with Crippen LogP contribution in [0, 0.1) is 0 Å². The lowest BCUT2D eigenvalue weighted by Gasteiger charge is -2.09. The average Bonchev–Trinajstić information content (AvgIpc) is 3.23. The standard InChI is InChI=1S/C24H19ClN6/c25-19-7-4-8-20(13-19)29-22-21-23(30-31-24(21)28-15-27-22)26-14-16-9-11-18(12-10-16)17-5-2-1-3-6-17/h1-13,15H,14H2,(H3,26,27,28,29,30,31). The van der Waals surface area contributed by atoms with E-state index in [0.717, 1.165) is 16.6 Å². The molecule has 3 aromatic carbocycles. The second-order valence-electron chi connectivity index (χ2n) is 7.07. The fraction of sp³-hybridized carbons (Fsp3) is 0.0417. The summed E-state index contributed by atoms with van der Waals surface area (Å²) in [7, 11) is 0. The van der Waals surface area contributed by atoms with E-state index in [1.807, 2.05) is 42.5 Å². The van der Waals surface area contributed by atoms with E-state index in [4.69, 9.17) is 11.6 Å². The van der Waals surface area contributed by atoms with Crippen molar-refractivity contribution >= 4 is 40.0 Å². The van der Waals surface area contributed by atoms with Crippen LogP contribution in [0.4, 0.5) is 17.3 Å². The molecule has 5 aromatic rings. The van der Waals surface area contributed by atoms with Crippen molar-refractivity contribution in [3.8, 4) is 11.1 Å². The largest absolute Gasteiger partial charge is 0.364 e. The lowest BCUT2D eigenvalue weighted by atomic mass is 10.0. The Balaban J connectivity index is 1.36. The highest BCUT2D eigenvalue weighted by atomic mass is 35.5. The van der Waals surface area contributed by atoms with Crippen LogP contribution in [0.2, 0.25) is 5.02 Å². The van der Waals surface area contributed by atoms with Crippen LogP contribution in [0.5, 0.6) is 0 Å². The summed E-state index contributed by atoms with van der Waals surface area (Å²) in [5.41, 5.74) is 5.04. The molecular formula is C24H19ClN6. The van der Waals surface area contributed by atoms with Gasteiger partial charge in [-0.3, -0.25) is 5.10 Å². The van der Waals surface area contributed by atoms with Crippen molar-refractivity contribution in [2.24, 2.45) is 0 Å². The van der Waals surface area contributed by atoms with Crippen molar-refractivity contribution in [2.45, 2.75) is 6.54 Å². The summed E-state index contributed by atoms with van der Waals surface area (Å²) in [5, 5.41) is 15.5. The third-order valence-corrected chi connectivity index (χ3v) is 5.20. The zero-order valence-electron chi connectivity index (χ0n) is 16.5. The highest BCUT2D eigenvalue weighted by Crippen LogP contribution is 2.29. The number of nitrogens with zero attached hydrogens (tertiary/aromatic N) is 3. The van der Waals surface area contributed by atoms with Gasteiger partial charge in [0.05, 0.1) is 0 Å². The van der Waals surface area contributed by atoms with Crippen LogP contribution in [0.15, 0.2) is 85.2 Å². The minimum absolute atomic E-state index is 0.626. The molecule has 6 nitrogen and oxygen atoms in total. The molecule has 0 bridgehead atoms. The second kappa shape index (κ2) is 8.45. The molecule has 0 aliphatic rings. The number of H-pyrrole nitrogens is 1. The Labute approximate surface area is 184 Å². The predicted octanol–water partition coefficient (Wildman–Crippen LogP) is 6.03. The molecule has 0 fully saturated rings. The van der Waals surface area contributed by atoms with Crippen LogP contribution < -0.4 is 10.6 Å². The molecule has 5 rings (SSSR count). The van der Waals surface area contributed by atoms with E-state index in [-0.39, 0.29) is 0 Å². The lowest BCUT2D eigenvalue weighted by Crippen LogP contribution is -2.02. The number of rotatable bonds is 6. The maximum absolute atomic E-state index is 6.10. The number of anilines is 3. The first-order valence-electron chi connectivity index (χ1n) is 9.86. The van der Waals surface area contributed by atoms with E-state index < -0.39 is 0 Å². The van der Waals surface area contributed by atoms with E-state index in [0.29, 0.717) is 28.9 Å². The number of hydrogen-bond donors (Lipinski definition) is 3. The van der Waals surface area contributed by atoms with Gasteiger partial charge in [0.25, 0.3) is 0 Å². The van der Waals surface area contributed by atoms with E-state index in [1.54, 1.807) is 0 Å². The molecule has 0 aliphatic heterocycles. The predicted molar refractivity (Wildman–Crippen MR) is 126 cm³/mol. The Kier molecular flexibility index (Phi) is 5.21. The van der Waals surface area contributed by atoms with Crippen LogP contribution in [0.3, 0.4) is 0 Å². The summed E-state index contributed by atoms with van der Waals surface area (Å²) in [6.45, 7) is 0.626. The van der Waals surface area contributed by atoms with Crippen LogP contribution in [0.25, 0.3) is 22.2 Å². The maximum Gasteiger partial charge on any atom is 0.162 e. The smallest absolute Gasteiger partial charge is 0.162 e. The quantitative estimate of drug-likeness (QED) is 0.309. The number of aromatic nitrogens is 4. The molecule has 152 valence electrons. The summed E-state index contributed by atoms with van der Waals surface area (Å²) in [6, 6.07) is 26.3. The van der Waals surface area contributed by atoms with Crippen molar-refractivity contribution < 1.29 is 0 Å². The van der Waals surface area contributed by atoms with E-state index in [1.165, 1.54) is 17.5 Å². The number of hydrogen-bond acceptors (Lipinski definition) is 5. The Morgan fingerprint density at radius 2 is 1.61 bits per heavy atom. The number of nitrogens with one attached hydrogen (secondary N) is 3. The summed E-state index contributed by atoms with van der Waals surface area (Å²) < 4.78 is 0. The first-order chi connectivity index (χ1) is 15.3. The van der Waals surface area contributed by atoms with Crippen LogP contribution in [-0.4, -0.2) is 20.2 Å². The molecule has 0 aliphatic carbocycles. The van der Waals surface area contributed by atoms with Crippen molar-refractivity contribution in [1.29, 1.82) is 0 Å². The van der Waals surface area contributed by atoms with Gasteiger partial charge in [-0.2, -0.15) is 5.10 Å². The molecule has 31 heavy (non-hydrogen) atoms. The van der Waals surface area contributed by atoms with Crippen molar-refractivity contribution in [2.75, 3.05) is 10.6 Å². The minimum Gasteiger partial charge on any atom is -0.364 e. The average molecular weight is 427 g/mol. The van der Waals surface area contributed by atoms with Gasteiger partial charge in [-0.1, -0.05) is 72.3 Å². The summed E-state index contributed by atoms with van der Waals surface area (Å²) in [5.74, 6) is 1.34. The number of halogens is 1. The zero-order valence-corrected chi connectivity index (χ0v) is 17.3. The van der Waals surface area contributed by atoms with E-state index in [2.05, 4.69) is 67.2 Å². The number of aromatic amines is 1. The number of benzene rings is 3. The Hall–Kier alpha value is -3.90. The fourth-order valence-electron chi connectivity index (χ4n) is 3.42. The Bertz CT molecular complexity index is 1320. The SMILES string of the molecule is Clc1cccc(Nc2ncnc3[nH]nc(NCc4ccc(-c5ccccc5)cc4)c23)c1. The molecule has 2 aromatic heterocycles. The Morgan fingerprint density at radius 3 is 2.42 bits per heavy atom. The first kappa shape index (κ1) is 19.1. The molecule has 0 radical (unpaired) electrons. The summed E-state index contributed by atoms with van der Waals surface area (Å²) >= 11 is 6.10. The second-order valence-corrected chi connectivity index (χ2v) is 7.51. The molecule has 0 spiro atoms. The normalized spacial score (nSPS) is 10.9. The molecule has 2 heterocycles. The van der Waals surface area contributed by atoms with Gasteiger partial charge < -0.3 is 10.6 Å². The first-order valence-corrected chi connectivity index (χ1v) is 10.2. The van der Waals surface area contributed by atoms with Crippen molar-refractivity contribution in [3.05, 3.63) is 95.8 Å². The molecule has 7 heteroatoms. The molecular weight excluding hydrogens is 408 g/mol. The monoisotopic (exact) mass is 426 g/mol. The van der Waals surface area contributed by atoms with E-state index in [9.17, 15) is 0 Å². The minimum atomic E-state index is 0.626. The summed E-state index contributed by atoms with van der Waals surface area (Å²) in [4.78, 5) is 8.69. The van der Waals surface area contributed by atoms with Gasteiger partial charge in [0.15, 0.2) is 11.5 Å². The van der Waals surface area contributed by atoms with Gasteiger partial charge in [-0.15, -0.1) is 0 Å². The molecule has 0 amide bonds. The highest BCUT2D eigenvalue weighted by molar-refractivity contribution is 6.30. The summed E-state index contributed by atoms with van der Waals surface area (Å²) in [6.07, 6.45) is 1.50. The third kappa shape index (κ3) is 4.20. The molecule has 3 N–H and O–H groups in total. The fourth-order valence-corrected chi connectivity index (χ4v) is 3.61. The van der Waals surface area contributed by atoms with Gasteiger partial charge in [0, 0.05) is 17.3 Å². The van der Waals surface area contributed by atoms with Crippen LogP contribution >= 0.6 is 11.6 Å². The van der Waals surface area contributed by atoms with Gasteiger partial charge in [0.2, 0.25) is 0 Å². The van der Waals surface area contributed by atoms with Gasteiger partial charge >= 0.3 is 0 Å². The Morgan fingerprint density at radius 1 is 0.806 bits per heavy atom. The zero-order chi connectivity index (χ0) is 21.0. The van der Waals surface area contributed by atoms with Crippen molar-refractivity contribution in [1.82, 2.24) is 20.2 Å². The van der Waals surface area contributed by atoms with Gasteiger partial charge in [-0.05, 0) is 34.9 Å².